The number of rotatable bonds is 4. The largest absolute Gasteiger partial charge is 0.469 e. The fraction of sp³-hybridized carbons (Fsp3) is 0.818. The molecule has 5 heteroatoms. The van der Waals surface area contributed by atoms with Crippen LogP contribution >= 0.6 is 0 Å². The summed E-state index contributed by atoms with van der Waals surface area (Å²) in [5.41, 5.74) is -0.534. The average Bonchev–Trinajstić information content (AvgIpc) is 2.13. The van der Waals surface area contributed by atoms with Crippen molar-refractivity contribution in [1.82, 2.24) is 5.32 Å². The lowest BCUT2D eigenvalue weighted by molar-refractivity contribution is -0.141. The fourth-order valence-electron chi connectivity index (χ4n) is 1.06. The van der Waals surface area contributed by atoms with Crippen molar-refractivity contribution in [3.05, 3.63) is 0 Å². The highest BCUT2D eigenvalue weighted by Crippen LogP contribution is 2.08. The molecule has 0 bridgehead atoms. The third kappa shape index (κ3) is 7.09. The van der Waals surface area contributed by atoms with Crippen LogP contribution in [0.2, 0.25) is 0 Å². The molecule has 0 aliphatic rings. The van der Waals surface area contributed by atoms with Crippen molar-refractivity contribution in [2.24, 2.45) is 0 Å². The molecular formula is C11H21NO4. The molecule has 1 atom stereocenters. The van der Waals surface area contributed by atoms with Gasteiger partial charge in [-0.25, -0.2) is 4.79 Å². The summed E-state index contributed by atoms with van der Waals surface area (Å²) in [5, 5.41) is 2.63. The number of carbonyl (C=O) groups is 2. The number of hydrogen-bond acceptors (Lipinski definition) is 4. The Morgan fingerprint density at radius 1 is 1.31 bits per heavy atom. The summed E-state index contributed by atoms with van der Waals surface area (Å²) in [6.07, 6.45) is 0.295. The van der Waals surface area contributed by atoms with E-state index in [1.165, 1.54) is 7.11 Å². The summed E-state index contributed by atoms with van der Waals surface area (Å²) >= 11 is 0. The van der Waals surface area contributed by atoms with E-state index in [1.54, 1.807) is 20.8 Å². The first-order chi connectivity index (χ1) is 7.28. The highest BCUT2D eigenvalue weighted by atomic mass is 16.6. The van der Waals surface area contributed by atoms with Crippen molar-refractivity contribution < 1.29 is 19.1 Å². The molecule has 0 fully saturated rings. The molecule has 1 amide bonds. The maximum Gasteiger partial charge on any atom is 0.407 e. The maximum atomic E-state index is 11.4. The minimum atomic E-state index is -0.534. The van der Waals surface area contributed by atoms with Gasteiger partial charge in [-0.05, 0) is 27.2 Å². The number of esters is 1. The Labute approximate surface area is 96.5 Å². The van der Waals surface area contributed by atoms with E-state index in [0.717, 1.165) is 0 Å². The van der Waals surface area contributed by atoms with Gasteiger partial charge < -0.3 is 14.8 Å². The van der Waals surface area contributed by atoms with Crippen LogP contribution in [0.15, 0.2) is 0 Å². The quantitative estimate of drug-likeness (QED) is 0.750. The van der Waals surface area contributed by atoms with E-state index in [4.69, 9.17) is 4.74 Å². The van der Waals surface area contributed by atoms with Gasteiger partial charge >= 0.3 is 12.1 Å². The van der Waals surface area contributed by atoms with Crippen LogP contribution in [0.25, 0.3) is 0 Å². The van der Waals surface area contributed by atoms with Gasteiger partial charge in [0.15, 0.2) is 0 Å². The fourth-order valence-corrected chi connectivity index (χ4v) is 1.06. The smallest absolute Gasteiger partial charge is 0.407 e. The number of ether oxygens (including phenoxy) is 2. The van der Waals surface area contributed by atoms with Gasteiger partial charge in [0, 0.05) is 6.04 Å². The molecule has 5 nitrogen and oxygen atoms in total. The van der Waals surface area contributed by atoms with Gasteiger partial charge in [-0.1, -0.05) is 6.92 Å². The average molecular weight is 231 g/mol. The van der Waals surface area contributed by atoms with Crippen LogP contribution in [0, 0.1) is 0 Å². The summed E-state index contributed by atoms with van der Waals surface area (Å²) in [6, 6.07) is -0.248. The Balaban J connectivity index is 4.12. The van der Waals surface area contributed by atoms with E-state index in [-0.39, 0.29) is 18.4 Å². The van der Waals surface area contributed by atoms with Crippen molar-refractivity contribution in [2.75, 3.05) is 7.11 Å². The van der Waals surface area contributed by atoms with Crippen LogP contribution in [-0.2, 0) is 14.3 Å². The minimum Gasteiger partial charge on any atom is -0.469 e. The molecule has 16 heavy (non-hydrogen) atoms. The van der Waals surface area contributed by atoms with Gasteiger partial charge in [0.2, 0.25) is 0 Å². The lowest BCUT2D eigenvalue weighted by atomic mass is 10.1. The van der Waals surface area contributed by atoms with Crippen molar-refractivity contribution in [1.29, 1.82) is 0 Å². The molecule has 0 aromatic carbocycles. The van der Waals surface area contributed by atoms with Gasteiger partial charge in [0.1, 0.15) is 5.60 Å². The number of carbonyl (C=O) groups excluding carboxylic acids is 2. The first-order valence-corrected chi connectivity index (χ1v) is 5.34. The predicted octanol–water partition coefficient (Wildman–Crippen LogP) is 1.85. The monoisotopic (exact) mass is 231 g/mol. The van der Waals surface area contributed by atoms with E-state index in [0.29, 0.717) is 6.42 Å². The number of nitrogens with one attached hydrogen (secondary N) is 1. The van der Waals surface area contributed by atoms with Crippen LogP contribution < -0.4 is 5.32 Å². The van der Waals surface area contributed by atoms with E-state index < -0.39 is 11.7 Å². The SMILES string of the molecule is CC[C@H](CC(=O)OC)NC(=O)OC(C)(C)C. The molecule has 0 saturated carbocycles. The highest BCUT2D eigenvalue weighted by molar-refractivity contribution is 5.72. The first kappa shape index (κ1) is 14.7. The van der Waals surface area contributed by atoms with Crippen molar-refractivity contribution in [3.8, 4) is 0 Å². The second-order valence-corrected chi connectivity index (χ2v) is 4.53. The van der Waals surface area contributed by atoms with E-state index >= 15 is 0 Å². The number of hydrogen-bond donors (Lipinski definition) is 1. The van der Waals surface area contributed by atoms with E-state index in [1.807, 2.05) is 6.92 Å². The minimum absolute atomic E-state index is 0.159. The Hall–Kier alpha value is -1.26. The Bertz CT molecular complexity index is 245. The van der Waals surface area contributed by atoms with Crippen molar-refractivity contribution >= 4 is 12.1 Å². The summed E-state index contributed by atoms with van der Waals surface area (Å²) < 4.78 is 9.62. The third-order valence-electron chi connectivity index (χ3n) is 1.85. The first-order valence-electron chi connectivity index (χ1n) is 5.34. The van der Waals surface area contributed by atoms with Crippen LogP contribution in [0.3, 0.4) is 0 Å². The van der Waals surface area contributed by atoms with E-state index in [9.17, 15) is 9.59 Å². The van der Waals surface area contributed by atoms with Gasteiger partial charge in [0.25, 0.3) is 0 Å². The number of methoxy groups -OCH3 is 1. The van der Waals surface area contributed by atoms with Gasteiger partial charge in [-0.2, -0.15) is 0 Å². The molecule has 0 aliphatic heterocycles. The van der Waals surface area contributed by atoms with Crippen LogP contribution in [0.1, 0.15) is 40.5 Å². The molecule has 0 rings (SSSR count). The topological polar surface area (TPSA) is 64.6 Å². The number of alkyl carbamates (subject to hydrolysis) is 1. The second kappa shape index (κ2) is 6.35. The molecule has 0 aromatic rings. The summed E-state index contributed by atoms with van der Waals surface area (Å²) in [7, 11) is 1.32. The van der Waals surface area contributed by atoms with Gasteiger partial charge in [-0.15, -0.1) is 0 Å². The molecular weight excluding hydrogens is 210 g/mol. The molecule has 0 unspecified atom stereocenters. The summed E-state index contributed by atoms with van der Waals surface area (Å²) in [4.78, 5) is 22.4. The molecule has 0 spiro atoms. The van der Waals surface area contributed by atoms with Gasteiger partial charge in [-0.3, -0.25) is 4.79 Å². The Morgan fingerprint density at radius 3 is 2.25 bits per heavy atom. The zero-order valence-corrected chi connectivity index (χ0v) is 10.6. The molecule has 0 aromatic heterocycles. The summed E-state index contributed by atoms with van der Waals surface area (Å²) in [6.45, 7) is 7.24. The van der Waals surface area contributed by atoms with Crippen LogP contribution in [0.5, 0.6) is 0 Å². The second-order valence-electron chi connectivity index (χ2n) is 4.53. The van der Waals surface area contributed by atoms with Gasteiger partial charge in [0.05, 0.1) is 13.5 Å². The predicted molar refractivity (Wildman–Crippen MR) is 60.1 cm³/mol. The molecule has 0 saturated heterocycles. The van der Waals surface area contributed by atoms with E-state index in [2.05, 4.69) is 10.1 Å². The Morgan fingerprint density at radius 2 is 1.88 bits per heavy atom. The normalized spacial score (nSPS) is 12.8. The molecule has 0 radical (unpaired) electrons. The Kier molecular flexibility index (Phi) is 5.85. The van der Waals surface area contributed by atoms with Crippen LogP contribution in [-0.4, -0.2) is 30.8 Å². The molecule has 94 valence electrons. The summed E-state index contributed by atoms with van der Waals surface area (Å²) in [5.74, 6) is -0.345. The molecule has 1 N–H and O–H groups in total. The third-order valence-corrected chi connectivity index (χ3v) is 1.85. The van der Waals surface area contributed by atoms with Crippen molar-refractivity contribution in [3.63, 3.8) is 0 Å². The van der Waals surface area contributed by atoms with Crippen LogP contribution in [0.4, 0.5) is 4.79 Å². The molecule has 0 heterocycles. The standard InChI is InChI=1S/C11H21NO4/c1-6-8(7-9(13)15-5)12-10(14)16-11(2,3)4/h8H,6-7H2,1-5H3,(H,12,14)/t8-/m1/s1. The maximum absolute atomic E-state index is 11.4. The highest BCUT2D eigenvalue weighted by Gasteiger charge is 2.20. The zero-order chi connectivity index (χ0) is 12.8. The zero-order valence-electron chi connectivity index (χ0n) is 10.6. The van der Waals surface area contributed by atoms with Crippen molar-refractivity contribution in [2.45, 2.75) is 52.2 Å². The lowest BCUT2D eigenvalue weighted by Gasteiger charge is -2.22. The lowest BCUT2D eigenvalue weighted by Crippen LogP contribution is -2.40. The number of amides is 1. The molecule has 0 aliphatic carbocycles.